The van der Waals surface area contributed by atoms with Gasteiger partial charge < -0.3 is 10.1 Å². The highest BCUT2D eigenvalue weighted by atomic mass is 19.1. The van der Waals surface area contributed by atoms with Crippen LogP contribution in [0.15, 0.2) is 18.2 Å². The second-order valence-corrected chi connectivity index (χ2v) is 5.95. The summed E-state index contributed by atoms with van der Waals surface area (Å²) >= 11 is 0. The number of hydrogen-bond acceptors (Lipinski definition) is 2. The second-order valence-electron chi connectivity index (χ2n) is 5.95. The molecule has 1 fully saturated rings. The molecule has 2 rings (SSSR count). The van der Waals surface area contributed by atoms with Gasteiger partial charge in [0.05, 0.1) is 5.60 Å². The van der Waals surface area contributed by atoms with E-state index in [9.17, 15) is 4.39 Å². The van der Waals surface area contributed by atoms with Crippen molar-refractivity contribution >= 4 is 0 Å². The van der Waals surface area contributed by atoms with E-state index in [-0.39, 0.29) is 17.5 Å². The lowest BCUT2D eigenvalue weighted by Gasteiger charge is -2.43. The van der Waals surface area contributed by atoms with E-state index < -0.39 is 0 Å². The quantitative estimate of drug-likeness (QED) is 0.810. The molecule has 0 spiro atoms. The maximum atomic E-state index is 13.3. The molecule has 1 aliphatic rings. The molecule has 1 N–H and O–H groups in total. The van der Waals surface area contributed by atoms with E-state index in [0.29, 0.717) is 0 Å². The molecule has 3 heteroatoms. The number of benzene rings is 1. The highest BCUT2D eigenvalue weighted by Gasteiger charge is 2.39. The molecule has 2 nitrogen and oxygen atoms in total. The molecule has 1 saturated carbocycles. The van der Waals surface area contributed by atoms with Crippen LogP contribution in [0.3, 0.4) is 0 Å². The highest BCUT2D eigenvalue weighted by Crippen LogP contribution is 2.42. The molecule has 1 unspecified atom stereocenters. The molecule has 112 valence electrons. The lowest BCUT2D eigenvalue weighted by atomic mass is 9.74. The number of hydrogen-bond donors (Lipinski definition) is 1. The number of ether oxygens (including phenoxy) is 1. The van der Waals surface area contributed by atoms with Crippen LogP contribution in [0, 0.1) is 12.7 Å². The largest absolute Gasteiger partial charge is 0.378 e. The van der Waals surface area contributed by atoms with E-state index in [2.05, 4.69) is 12.2 Å². The molecule has 1 aliphatic carbocycles. The van der Waals surface area contributed by atoms with Gasteiger partial charge in [0.25, 0.3) is 0 Å². The minimum absolute atomic E-state index is 0.0201. The Hall–Kier alpha value is -0.930. The summed E-state index contributed by atoms with van der Waals surface area (Å²) in [5, 5.41) is 3.60. The summed E-state index contributed by atoms with van der Waals surface area (Å²) in [7, 11) is 1.81. The van der Waals surface area contributed by atoms with Crippen molar-refractivity contribution in [3.8, 4) is 0 Å². The average molecular weight is 279 g/mol. The zero-order valence-corrected chi connectivity index (χ0v) is 12.8. The molecule has 0 radical (unpaired) electrons. The lowest BCUT2D eigenvalue weighted by molar-refractivity contribution is -0.0838. The summed E-state index contributed by atoms with van der Waals surface area (Å²) in [5.74, 6) is -0.161. The van der Waals surface area contributed by atoms with Crippen LogP contribution in [0.5, 0.6) is 0 Å². The van der Waals surface area contributed by atoms with Gasteiger partial charge in [0, 0.05) is 13.2 Å². The Balaban J connectivity index is 2.17. The third-order valence-corrected chi connectivity index (χ3v) is 4.52. The molecule has 20 heavy (non-hydrogen) atoms. The molecule has 0 aromatic heterocycles. The Morgan fingerprint density at radius 2 is 2.15 bits per heavy atom. The van der Waals surface area contributed by atoms with Crippen molar-refractivity contribution in [3.63, 3.8) is 0 Å². The molecule has 0 bridgehead atoms. The summed E-state index contributed by atoms with van der Waals surface area (Å²) in [6, 6.07) is 5.34. The zero-order chi connectivity index (χ0) is 14.6. The van der Waals surface area contributed by atoms with Gasteiger partial charge in [-0.05, 0) is 68.8 Å². The van der Waals surface area contributed by atoms with Gasteiger partial charge in [0.1, 0.15) is 5.82 Å². The van der Waals surface area contributed by atoms with Gasteiger partial charge in [0.2, 0.25) is 0 Å². The van der Waals surface area contributed by atoms with Crippen LogP contribution >= 0.6 is 0 Å². The number of halogens is 1. The van der Waals surface area contributed by atoms with Crippen LogP contribution in [0.25, 0.3) is 0 Å². The molecule has 1 aromatic carbocycles. The van der Waals surface area contributed by atoms with Gasteiger partial charge in [0.15, 0.2) is 0 Å². The van der Waals surface area contributed by atoms with E-state index in [1.807, 2.05) is 20.1 Å². The third kappa shape index (κ3) is 3.39. The molecule has 0 saturated heterocycles. The summed E-state index contributed by atoms with van der Waals surface area (Å²) in [6.07, 6.45) is 5.57. The van der Waals surface area contributed by atoms with Crippen molar-refractivity contribution in [2.24, 2.45) is 0 Å². The van der Waals surface area contributed by atoms with Crippen molar-refractivity contribution in [2.75, 3.05) is 13.7 Å². The molecular weight excluding hydrogens is 253 g/mol. The smallest absolute Gasteiger partial charge is 0.123 e. The van der Waals surface area contributed by atoms with Crippen molar-refractivity contribution in [1.29, 1.82) is 0 Å². The zero-order valence-electron chi connectivity index (χ0n) is 12.8. The van der Waals surface area contributed by atoms with Gasteiger partial charge in [-0.25, -0.2) is 4.39 Å². The standard InChI is InChI=1S/C17H26FNO/c1-4-10-19-16(12-17(20-3)8-5-9-17)15-7-6-14(18)11-13(15)2/h6-7,11,16,19H,4-5,8-10,12H2,1-3H3. The Bertz CT molecular complexity index is 437. The fourth-order valence-corrected chi connectivity index (χ4v) is 3.08. The normalized spacial score (nSPS) is 18.6. The van der Waals surface area contributed by atoms with Crippen molar-refractivity contribution in [1.82, 2.24) is 5.32 Å². The first-order valence-corrected chi connectivity index (χ1v) is 7.65. The topological polar surface area (TPSA) is 21.3 Å². The summed E-state index contributed by atoms with van der Waals surface area (Å²) in [4.78, 5) is 0. The Morgan fingerprint density at radius 3 is 2.65 bits per heavy atom. The van der Waals surface area contributed by atoms with Gasteiger partial charge in [-0.2, -0.15) is 0 Å². The fourth-order valence-electron chi connectivity index (χ4n) is 3.08. The van der Waals surface area contributed by atoms with E-state index >= 15 is 0 Å². The van der Waals surface area contributed by atoms with Crippen LogP contribution in [0.4, 0.5) is 4.39 Å². The number of aryl methyl sites for hydroxylation is 1. The van der Waals surface area contributed by atoms with E-state index in [1.165, 1.54) is 12.0 Å². The Kier molecular flexibility index (Phi) is 5.17. The van der Waals surface area contributed by atoms with Gasteiger partial charge in [-0.3, -0.25) is 0 Å². The Labute approximate surface area is 121 Å². The lowest BCUT2D eigenvalue weighted by Crippen LogP contribution is -2.43. The van der Waals surface area contributed by atoms with Crippen molar-refractivity contribution < 1.29 is 9.13 Å². The summed E-state index contributed by atoms with van der Waals surface area (Å²) in [6.45, 7) is 5.12. The predicted molar refractivity (Wildman–Crippen MR) is 80.4 cm³/mol. The van der Waals surface area contributed by atoms with Crippen LogP contribution in [0.2, 0.25) is 0 Å². The molecule has 1 aromatic rings. The highest BCUT2D eigenvalue weighted by molar-refractivity contribution is 5.30. The molecule has 1 atom stereocenters. The second kappa shape index (κ2) is 6.68. The molecule has 0 aliphatic heterocycles. The van der Waals surface area contributed by atoms with Gasteiger partial charge >= 0.3 is 0 Å². The van der Waals surface area contributed by atoms with Crippen LogP contribution < -0.4 is 5.32 Å². The first-order chi connectivity index (χ1) is 9.60. The number of methoxy groups -OCH3 is 1. The molecule has 0 heterocycles. The van der Waals surface area contributed by atoms with E-state index in [1.54, 1.807) is 12.1 Å². The van der Waals surface area contributed by atoms with E-state index in [0.717, 1.165) is 37.8 Å². The molecular formula is C17H26FNO. The number of rotatable bonds is 7. The SMILES string of the molecule is CCCNC(CC1(OC)CCC1)c1ccc(F)cc1C. The van der Waals surface area contributed by atoms with Gasteiger partial charge in [-0.15, -0.1) is 0 Å². The maximum Gasteiger partial charge on any atom is 0.123 e. The third-order valence-electron chi connectivity index (χ3n) is 4.52. The average Bonchev–Trinajstić information content (AvgIpc) is 2.38. The fraction of sp³-hybridized carbons (Fsp3) is 0.647. The molecule has 0 amide bonds. The van der Waals surface area contributed by atoms with Crippen LogP contribution in [0.1, 0.15) is 56.2 Å². The minimum Gasteiger partial charge on any atom is -0.378 e. The Morgan fingerprint density at radius 1 is 1.40 bits per heavy atom. The van der Waals surface area contributed by atoms with Crippen LogP contribution in [-0.2, 0) is 4.74 Å². The maximum absolute atomic E-state index is 13.3. The summed E-state index contributed by atoms with van der Waals surface area (Å²) < 4.78 is 19.1. The first kappa shape index (κ1) is 15.5. The van der Waals surface area contributed by atoms with Crippen molar-refractivity contribution in [3.05, 3.63) is 35.1 Å². The predicted octanol–water partition coefficient (Wildman–Crippen LogP) is 4.13. The van der Waals surface area contributed by atoms with E-state index in [4.69, 9.17) is 4.74 Å². The van der Waals surface area contributed by atoms with Crippen LogP contribution in [-0.4, -0.2) is 19.3 Å². The van der Waals surface area contributed by atoms with Crippen molar-refractivity contribution in [2.45, 2.75) is 57.6 Å². The monoisotopic (exact) mass is 279 g/mol. The van der Waals surface area contributed by atoms with Gasteiger partial charge in [-0.1, -0.05) is 13.0 Å². The first-order valence-electron chi connectivity index (χ1n) is 7.65. The summed E-state index contributed by atoms with van der Waals surface area (Å²) in [5.41, 5.74) is 2.24. The minimum atomic E-state index is -0.161. The number of nitrogens with one attached hydrogen (secondary N) is 1.